The van der Waals surface area contributed by atoms with E-state index in [4.69, 9.17) is 0 Å². The quantitative estimate of drug-likeness (QED) is 0.212. The monoisotopic (exact) mass is 311 g/mol. The third-order valence-electron chi connectivity index (χ3n) is 4.80. The molecular weight excluding hydrogens is 268 g/mol. The summed E-state index contributed by atoms with van der Waals surface area (Å²) >= 11 is 0. The number of hydrogen-bond donors (Lipinski definition) is 0. The van der Waals surface area contributed by atoms with Gasteiger partial charge in [-0.25, -0.2) is 0 Å². The summed E-state index contributed by atoms with van der Waals surface area (Å²) in [5, 5.41) is 0. The Labute approximate surface area is 138 Å². The van der Waals surface area contributed by atoms with Crippen LogP contribution < -0.4 is 0 Å². The minimum atomic E-state index is -0.0906. The Bertz CT molecular complexity index is 190. The molecule has 0 atom stereocenters. The minimum Gasteiger partial charge on any atom is -0.0654 e. The van der Waals surface area contributed by atoms with Gasteiger partial charge in [-0.15, -0.1) is 0 Å². The zero-order chi connectivity index (χ0) is 15.9. The molecule has 0 fully saturated rings. The molecular formula is C20H43Si. The molecule has 1 radical (unpaired) electrons. The molecule has 0 aromatic rings. The van der Waals surface area contributed by atoms with Crippen molar-refractivity contribution in [2.24, 2.45) is 0 Å². The molecule has 0 N–H and O–H groups in total. The fourth-order valence-corrected chi connectivity index (χ4v) is 6.56. The summed E-state index contributed by atoms with van der Waals surface area (Å²) in [7, 11) is -0.0906. The van der Waals surface area contributed by atoms with E-state index in [-0.39, 0.29) is 8.80 Å². The van der Waals surface area contributed by atoms with E-state index in [2.05, 4.69) is 34.6 Å². The summed E-state index contributed by atoms with van der Waals surface area (Å²) in [5.74, 6) is 0. The molecule has 0 aliphatic carbocycles. The van der Waals surface area contributed by atoms with Crippen LogP contribution in [0.4, 0.5) is 0 Å². The second-order valence-corrected chi connectivity index (χ2v) is 11.5. The molecule has 0 nitrogen and oxygen atoms in total. The van der Waals surface area contributed by atoms with Gasteiger partial charge in [-0.05, 0) is 0 Å². The van der Waals surface area contributed by atoms with Crippen molar-refractivity contribution >= 4 is 8.80 Å². The van der Waals surface area contributed by atoms with Gasteiger partial charge < -0.3 is 0 Å². The fourth-order valence-electron chi connectivity index (χ4n) is 3.41. The highest BCUT2D eigenvalue weighted by molar-refractivity contribution is 6.61. The maximum Gasteiger partial charge on any atom is 0.0534 e. The van der Waals surface area contributed by atoms with Gasteiger partial charge in [0.05, 0.1) is 8.80 Å². The number of hydrogen-bond acceptors (Lipinski definition) is 0. The maximum absolute atomic E-state index is 2.44. The van der Waals surface area contributed by atoms with E-state index in [0.29, 0.717) is 0 Å². The molecule has 0 aromatic heterocycles. The summed E-state index contributed by atoms with van der Waals surface area (Å²) in [4.78, 5) is 0. The van der Waals surface area contributed by atoms with Crippen LogP contribution in [0.1, 0.15) is 112 Å². The van der Waals surface area contributed by atoms with Crippen molar-refractivity contribution in [2.45, 2.75) is 129 Å². The van der Waals surface area contributed by atoms with Gasteiger partial charge in [-0.2, -0.15) is 0 Å². The molecule has 21 heavy (non-hydrogen) atoms. The van der Waals surface area contributed by atoms with Crippen LogP contribution in [0, 0.1) is 0 Å². The van der Waals surface area contributed by atoms with Gasteiger partial charge in [0, 0.05) is 0 Å². The van der Waals surface area contributed by atoms with Crippen molar-refractivity contribution in [1.29, 1.82) is 0 Å². The number of unbranched alkanes of at least 4 members (excludes halogenated alkanes) is 11. The van der Waals surface area contributed by atoms with Crippen LogP contribution in [0.2, 0.25) is 17.1 Å². The lowest BCUT2D eigenvalue weighted by Gasteiger charge is -2.22. The Morgan fingerprint density at radius 3 is 1.19 bits per heavy atom. The summed E-state index contributed by atoms with van der Waals surface area (Å²) in [6.07, 6.45) is 17.7. The van der Waals surface area contributed by atoms with Gasteiger partial charge in [0.15, 0.2) is 0 Å². The molecule has 0 aromatic carbocycles. The van der Waals surface area contributed by atoms with Crippen molar-refractivity contribution in [1.82, 2.24) is 0 Å². The van der Waals surface area contributed by atoms with Gasteiger partial charge in [0.25, 0.3) is 0 Å². The molecule has 0 saturated carbocycles. The second-order valence-electron chi connectivity index (χ2n) is 7.52. The lowest BCUT2D eigenvalue weighted by Crippen LogP contribution is -2.20. The molecule has 0 rings (SSSR count). The van der Waals surface area contributed by atoms with Crippen LogP contribution >= 0.6 is 0 Å². The van der Waals surface area contributed by atoms with Crippen molar-refractivity contribution in [3.05, 3.63) is 0 Å². The zero-order valence-electron chi connectivity index (χ0n) is 15.8. The molecule has 0 aliphatic heterocycles. The van der Waals surface area contributed by atoms with E-state index >= 15 is 0 Å². The van der Waals surface area contributed by atoms with E-state index in [1.54, 1.807) is 6.04 Å². The lowest BCUT2D eigenvalue weighted by atomic mass is 10.1. The molecule has 0 saturated heterocycles. The Kier molecular flexibility index (Phi) is 15.3. The van der Waals surface area contributed by atoms with Crippen LogP contribution in [0.15, 0.2) is 0 Å². The van der Waals surface area contributed by atoms with Crippen LogP contribution in [0.3, 0.4) is 0 Å². The first kappa shape index (κ1) is 21.2. The average molecular weight is 312 g/mol. The van der Waals surface area contributed by atoms with E-state index in [0.717, 1.165) is 11.1 Å². The maximum atomic E-state index is 2.44. The second kappa shape index (κ2) is 15.1. The number of rotatable bonds is 15. The molecule has 0 unspecified atom stereocenters. The third kappa shape index (κ3) is 13.6. The van der Waals surface area contributed by atoms with Crippen molar-refractivity contribution in [3.8, 4) is 0 Å². The Hall–Kier alpha value is 0.217. The molecule has 127 valence electrons. The van der Waals surface area contributed by atoms with Gasteiger partial charge in [0.1, 0.15) is 0 Å². The normalized spacial score (nSPS) is 12.0. The van der Waals surface area contributed by atoms with Crippen LogP contribution in [-0.2, 0) is 0 Å². The fraction of sp³-hybridized carbons (Fsp3) is 1.00. The molecule has 0 aliphatic rings. The summed E-state index contributed by atoms with van der Waals surface area (Å²) in [6.45, 7) is 12.1. The largest absolute Gasteiger partial charge is 0.0654 e. The van der Waals surface area contributed by atoms with Crippen molar-refractivity contribution in [2.75, 3.05) is 0 Å². The molecule has 0 amide bonds. The van der Waals surface area contributed by atoms with Gasteiger partial charge in [-0.3, -0.25) is 0 Å². The zero-order valence-corrected chi connectivity index (χ0v) is 16.8. The minimum absolute atomic E-state index is 0.0906. The predicted molar refractivity (Wildman–Crippen MR) is 102 cm³/mol. The van der Waals surface area contributed by atoms with Crippen LogP contribution in [0.25, 0.3) is 0 Å². The van der Waals surface area contributed by atoms with Crippen molar-refractivity contribution in [3.63, 3.8) is 0 Å². The Balaban J connectivity index is 3.25. The summed E-state index contributed by atoms with van der Waals surface area (Å²) in [5.41, 5.74) is 1.92. The highest BCUT2D eigenvalue weighted by atomic mass is 28.3. The Morgan fingerprint density at radius 2 is 0.857 bits per heavy atom. The van der Waals surface area contributed by atoms with E-state index in [9.17, 15) is 0 Å². The SMILES string of the molecule is CCCCCCCCCCCCCC[Si](C(C)C)C(C)C. The smallest absolute Gasteiger partial charge is 0.0534 e. The first-order valence-electron chi connectivity index (χ1n) is 9.95. The average Bonchev–Trinajstić information content (AvgIpc) is 2.43. The standard InChI is InChI=1S/C20H43Si/c1-6-7-8-9-10-11-12-13-14-15-16-17-18-21(19(2)3)20(4)5/h19-20H,6-18H2,1-5H3. The van der Waals surface area contributed by atoms with Gasteiger partial charge >= 0.3 is 0 Å². The van der Waals surface area contributed by atoms with Crippen LogP contribution in [0.5, 0.6) is 0 Å². The lowest BCUT2D eigenvalue weighted by molar-refractivity contribution is 0.547. The molecule has 0 spiro atoms. The van der Waals surface area contributed by atoms with Crippen LogP contribution in [-0.4, -0.2) is 8.80 Å². The van der Waals surface area contributed by atoms with E-state index < -0.39 is 0 Å². The topological polar surface area (TPSA) is 0 Å². The summed E-state index contributed by atoms with van der Waals surface area (Å²) < 4.78 is 0. The van der Waals surface area contributed by atoms with Gasteiger partial charge in [-0.1, -0.05) is 129 Å². The first-order valence-corrected chi connectivity index (χ1v) is 11.8. The first-order chi connectivity index (χ1) is 10.1. The molecule has 1 heteroatoms. The van der Waals surface area contributed by atoms with Crippen molar-refractivity contribution < 1.29 is 0 Å². The Morgan fingerprint density at radius 1 is 0.524 bits per heavy atom. The third-order valence-corrected chi connectivity index (χ3v) is 8.70. The van der Waals surface area contributed by atoms with E-state index in [1.807, 2.05) is 0 Å². The van der Waals surface area contributed by atoms with Gasteiger partial charge in [0.2, 0.25) is 0 Å². The highest BCUT2D eigenvalue weighted by Gasteiger charge is 2.18. The van der Waals surface area contributed by atoms with E-state index in [1.165, 1.54) is 77.0 Å². The molecule has 0 heterocycles. The molecule has 0 bridgehead atoms. The highest BCUT2D eigenvalue weighted by Crippen LogP contribution is 2.25. The predicted octanol–water partition coefficient (Wildman–Crippen LogP) is 8.00. The summed E-state index contributed by atoms with van der Waals surface area (Å²) in [6, 6.07) is 1.55.